The molecule has 0 radical (unpaired) electrons. The third kappa shape index (κ3) is 3.83. The summed E-state index contributed by atoms with van der Waals surface area (Å²) in [4.78, 5) is 0.687. The molecule has 0 bridgehead atoms. The summed E-state index contributed by atoms with van der Waals surface area (Å²) in [6, 6.07) is 8.67. The molecule has 0 amide bonds. The molecule has 0 spiro atoms. The van der Waals surface area contributed by atoms with E-state index in [2.05, 4.69) is 54.0 Å². The zero-order valence-corrected chi connectivity index (χ0v) is 10.7. The quantitative estimate of drug-likeness (QED) is 0.680. The van der Waals surface area contributed by atoms with E-state index in [-0.39, 0.29) is 0 Å². The fourth-order valence-corrected chi connectivity index (χ4v) is 2.35. The van der Waals surface area contributed by atoms with Crippen LogP contribution >= 0.6 is 15.9 Å². The average Bonchev–Trinajstić information content (AvgIpc) is 2.17. The summed E-state index contributed by atoms with van der Waals surface area (Å²) in [5.74, 6) is 0. The fourth-order valence-electron chi connectivity index (χ4n) is 1.66. The van der Waals surface area contributed by atoms with Gasteiger partial charge in [-0.05, 0) is 37.3 Å². The van der Waals surface area contributed by atoms with E-state index in [9.17, 15) is 0 Å². The number of hydrogen-bond acceptors (Lipinski definition) is 0. The van der Waals surface area contributed by atoms with Crippen LogP contribution < -0.4 is 0 Å². The Bertz CT molecular complexity index is 268. The van der Waals surface area contributed by atoms with Crippen LogP contribution in [0, 0.1) is 6.92 Å². The van der Waals surface area contributed by atoms with E-state index < -0.39 is 0 Å². The van der Waals surface area contributed by atoms with Crippen molar-refractivity contribution in [3.8, 4) is 0 Å². The molecule has 1 aromatic carbocycles. The van der Waals surface area contributed by atoms with Crippen LogP contribution in [0.5, 0.6) is 0 Å². The van der Waals surface area contributed by atoms with Gasteiger partial charge in [-0.15, -0.1) is 0 Å². The van der Waals surface area contributed by atoms with Gasteiger partial charge in [0.25, 0.3) is 0 Å². The van der Waals surface area contributed by atoms with E-state index in [4.69, 9.17) is 0 Å². The van der Waals surface area contributed by atoms with Gasteiger partial charge in [-0.25, -0.2) is 0 Å². The molecule has 0 aliphatic rings. The van der Waals surface area contributed by atoms with Crippen LogP contribution in [-0.2, 0) is 6.42 Å². The Labute approximate surface area is 95.9 Å². The highest BCUT2D eigenvalue weighted by Gasteiger charge is 2.04. The lowest BCUT2D eigenvalue weighted by molar-refractivity contribution is 0.692. The predicted molar refractivity (Wildman–Crippen MR) is 67.1 cm³/mol. The Morgan fingerprint density at radius 2 is 1.93 bits per heavy atom. The standard InChI is InChI=1S/C13H19Br/c1-3-6-13(14)10-9-12-8-5-4-7-11(12)2/h4-5,7-8,13H,3,6,9-10H2,1-2H3. The molecule has 0 fully saturated rings. The number of halogens is 1. The highest BCUT2D eigenvalue weighted by molar-refractivity contribution is 9.09. The molecule has 0 heterocycles. The van der Waals surface area contributed by atoms with Crippen molar-refractivity contribution >= 4 is 15.9 Å². The van der Waals surface area contributed by atoms with E-state index in [1.54, 1.807) is 0 Å². The molecule has 1 unspecified atom stereocenters. The summed E-state index contributed by atoms with van der Waals surface area (Å²) < 4.78 is 0. The molecule has 0 aliphatic carbocycles. The van der Waals surface area contributed by atoms with E-state index >= 15 is 0 Å². The maximum atomic E-state index is 3.72. The second kappa shape index (κ2) is 6.23. The van der Waals surface area contributed by atoms with Crippen LogP contribution in [0.2, 0.25) is 0 Å². The Balaban J connectivity index is 2.41. The number of rotatable bonds is 5. The van der Waals surface area contributed by atoms with Crippen molar-refractivity contribution in [3.63, 3.8) is 0 Å². The van der Waals surface area contributed by atoms with E-state index in [0.717, 1.165) is 0 Å². The van der Waals surface area contributed by atoms with Crippen molar-refractivity contribution in [1.29, 1.82) is 0 Å². The topological polar surface area (TPSA) is 0 Å². The summed E-state index contributed by atoms with van der Waals surface area (Å²) in [5, 5.41) is 0. The first-order valence-corrected chi connectivity index (χ1v) is 6.34. The zero-order chi connectivity index (χ0) is 10.4. The van der Waals surface area contributed by atoms with Gasteiger partial charge in [0.05, 0.1) is 0 Å². The Morgan fingerprint density at radius 1 is 1.21 bits per heavy atom. The van der Waals surface area contributed by atoms with Gasteiger partial charge in [-0.2, -0.15) is 0 Å². The molecule has 1 aromatic rings. The summed E-state index contributed by atoms with van der Waals surface area (Å²) in [6.07, 6.45) is 5.00. The third-order valence-electron chi connectivity index (χ3n) is 2.59. The van der Waals surface area contributed by atoms with Crippen molar-refractivity contribution in [2.24, 2.45) is 0 Å². The molecule has 1 rings (SSSR count). The van der Waals surface area contributed by atoms with Crippen LogP contribution in [0.1, 0.15) is 37.3 Å². The highest BCUT2D eigenvalue weighted by atomic mass is 79.9. The zero-order valence-electron chi connectivity index (χ0n) is 9.09. The molecule has 1 atom stereocenters. The number of hydrogen-bond donors (Lipinski definition) is 0. The molecule has 14 heavy (non-hydrogen) atoms. The van der Waals surface area contributed by atoms with Gasteiger partial charge in [0.15, 0.2) is 0 Å². The number of benzene rings is 1. The van der Waals surface area contributed by atoms with Crippen molar-refractivity contribution in [2.75, 3.05) is 0 Å². The Morgan fingerprint density at radius 3 is 2.57 bits per heavy atom. The summed E-state index contributed by atoms with van der Waals surface area (Å²) in [7, 11) is 0. The Hall–Kier alpha value is -0.300. The van der Waals surface area contributed by atoms with Gasteiger partial charge in [-0.1, -0.05) is 53.5 Å². The molecule has 78 valence electrons. The van der Waals surface area contributed by atoms with Crippen LogP contribution in [0.4, 0.5) is 0 Å². The van der Waals surface area contributed by atoms with Crippen LogP contribution in [0.15, 0.2) is 24.3 Å². The summed E-state index contributed by atoms with van der Waals surface area (Å²) >= 11 is 3.72. The smallest absolute Gasteiger partial charge is 0.0148 e. The van der Waals surface area contributed by atoms with Crippen molar-refractivity contribution in [2.45, 2.75) is 44.4 Å². The largest absolute Gasteiger partial charge is 0.0891 e. The summed E-state index contributed by atoms with van der Waals surface area (Å²) in [6.45, 7) is 4.43. The van der Waals surface area contributed by atoms with Crippen molar-refractivity contribution in [1.82, 2.24) is 0 Å². The minimum atomic E-state index is 0.687. The molecular formula is C13H19Br. The van der Waals surface area contributed by atoms with Gasteiger partial charge in [0, 0.05) is 4.83 Å². The maximum Gasteiger partial charge on any atom is 0.0148 e. The van der Waals surface area contributed by atoms with Crippen molar-refractivity contribution in [3.05, 3.63) is 35.4 Å². The van der Waals surface area contributed by atoms with Gasteiger partial charge in [-0.3, -0.25) is 0 Å². The first-order chi connectivity index (χ1) is 6.74. The number of aryl methyl sites for hydroxylation is 2. The first kappa shape index (κ1) is 11.8. The third-order valence-corrected chi connectivity index (χ3v) is 3.51. The molecule has 0 aliphatic heterocycles. The van der Waals surface area contributed by atoms with E-state index in [1.807, 2.05) is 0 Å². The predicted octanol–water partition coefficient (Wildman–Crippen LogP) is 4.49. The fraction of sp³-hybridized carbons (Fsp3) is 0.538. The molecule has 0 saturated carbocycles. The van der Waals surface area contributed by atoms with E-state index in [1.165, 1.54) is 36.8 Å². The lowest BCUT2D eigenvalue weighted by Gasteiger charge is -2.09. The van der Waals surface area contributed by atoms with Crippen LogP contribution in [-0.4, -0.2) is 4.83 Å². The van der Waals surface area contributed by atoms with Gasteiger partial charge in [0.2, 0.25) is 0 Å². The number of alkyl halides is 1. The lowest BCUT2D eigenvalue weighted by Crippen LogP contribution is -2.00. The molecule has 0 aromatic heterocycles. The lowest BCUT2D eigenvalue weighted by atomic mass is 10.0. The molecule has 0 nitrogen and oxygen atoms in total. The molecule has 0 N–H and O–H groups in total. The molecule has 1 heteroatoms. The highest BCUT2D eigenvalue weighted by Crippen LogP contribution is 2.17. The SMILES string of the molecule is CCCC(Br)CCc1ccccc1C. The minimum absolute atomic E-state index is 0.687. The second-order valence-corrected chi connectivity index (χ2v) is 5.15. The normalized spacial score (nSPS) is 12.8. The van der Waals surface area contributed by atoms with Crippen molar-refractivity contribution < 1.29 is 0 Å². The second-order valence-electron chi connectivity index (χ2n) is 3.85. The molecule has 0 saturated heterocycles. The average molecular weight is 255 g/mol. The van der Waals surface area contributed by atoms with Crippen LogP contribution in [0.3, 0.4) is 0 Å². The first-order valence-electron chi connectivity index (χ1n) is 5.42. The maximum absolute atomic E-state index is 3.72. The van der Waals surface area contributed by atoms with Gasteiger partial charge >= 0.3 is 0 Å². The van der Waals surface area contributed by atoms with Gasteiger partial charge in [0.1, 0.15) is 0 Å². The molecular weight excluding hydrogens is 236 g/mol. The summed E-state index contributed by atoms with van der Waals surface area (Å²) in [5.41, 5.74) is 2.91. The van der Waals surface area contributed by atoms with E-state index in [0.29, 0.717) is 4.83 Å². The van der Waals surface area contributed by atoms with Crippen LogP contribution in [0.25, 0.3) is 0 Å². The Kier molecular flexibility index (Phi) is 5.24. The minimum Gasteiger partial charge on any atom is -0.0891 e. The monoisotopic (exact) mass is 254 g/mol. The van der Waals surface area contributed by atoms with Gasteiger partial charge < -0.3 is 0 Å².